The van der Waals surface area contributed by atoms with Crippen molar-refractivity contribution in [1.29, 1.82) is 0 Å². The van der Waals surface area contributed by atoms with E-state index in [1.165, 1.54) is 37.7 Å². The lowest BCUT2D eigenvalue weighted by Gasteiger charge is -2.13. The predicted molar refractivity (Wildman–Crippen MR) is 106 cm³/mol. The molecule has 0 amide bonds. The lowest BCUT2D eigenvalue weighted by atomic mass is 10.1. The number of hydrogen-bond donors (Lipinski definition) is 1. The number of thiophene rings is 1. The van der Waals surface area contributed by atoms with Gasteiger partial charge in [0.05, 0.1) is 33.0 Å². The Morgan fingerprint density at radius 2 is 2.07 bits per heavy atom. The molecule has 0 radical (unpaired) electrons. The quantitative estimate of drug-likeness (QED) is 0.626. The topological polar surface area (TPSA) is 113 Å². The van der Waals surface area contributed by atoms with Crippen LogP contribution in [0.15, 0.2) is 27.6 Å². The lowest BCUT2D eigenvalue weighted by Crippen LogP contribution is -2.14. The number of aromatic nitrogens is 2. The molecule has 0 aliphatic carbocycles. The summed E-state index contributed by atoms with van der Waals surface area (Å²) in [4.78, 5) is 5.22. The number of methoxy groups -OCH3 is 2. The normalized spacial score (nSPS) is 13.8. The van der Waals surface area contributed by atoms with E-state index < -0.39 is 10.0 Å². The van der Waals surface area contributed by atoms with Crippen molar-refractivity contribution >= 4 is 26.4 Å². The molecule has 0 saturated heterocycles. The van der Waals surface area contributed by atoms with Crippen molar-refractivity contribution in [2.45, 2.75) is 24.8 Å². The van der Waals surface area contributed by atoms with E-state index in [9.17, 15) is 8.42 Å². The van der Waals surface area contributed by atoms with Gasteiger partial charge in [-0.25, -0.2) is 8.42 Å². The van der Waals surface area contributed by atoms with Gasteiger partial charge in [0.1, 0.15) is 21.4 Å². The summed E-state index contributed by atoms with van der Waals surface area (Å²) in [6, 6.07) is 4.52. The molecule has 0 bridgehead atoms. The summed E-state index contributed by atoms with van der Waals surface area (Å²) in [6.07, 6.45) is 0.635. The highest BCUT2D eigenvalue weighted by molar-refractivity contribution is 7.93. The molecule has 29 heavy (non-hydrogen) atoms. The van der Waals surface area contributed by atoms with Crippen LogP contribution in [0.2, 0.25) is 0 Å². The van der Waals surface area contributed by atoms with Gasteiger partial charge in [-0.05, 0) is 31.0 Å². The fourth-order valence-electron chi connectivity index (χ4n) is 3.10. The van der Waals surface area contributed by atoms with Crippen molar-refractivity contribution in [2.24, 2.45) is 0 Å². The zero-order valence-electron chi connectivity index (χ0n) is 16.0. The molecule has 1 aliphatic heterocycles. The number of aryl methyl sites for hydroxylation is 1. The van der Waals surface area contributed by atoms with Crippen LogP contribution in [0, 0.1) is 6.92 Å². The Labute approximate surface area is 171 Å². The molecule has 1 aromatic carbocycles. The maximum absolute atomic E-state index is 13.2. The van der Waals surface area contributed by atoms with Gasteiger partial charge in [-0.15, -0.1) is 11.3 Å². The molecule has 154 valence electrons. The second-order valence-corrected chi connectivity index (χ2v) is 9.04. The number of anilines is 1. The van der Waals surface area contributed by atoms with Crippen LogP contribution in [0.3, 0.4) is 0 Å². The average molecular weight is 437 g/mol. The molecule has 3 heterocycles. The van der Waals surface area contributed by atoms with Crippen LogP contribution in [-0.4, -0.2) is 39.4 Å². The van der Waals surface area contributed by atoms with Gasteiger partial charge in [0.15, 0.2) is 5.82 Å². The summed E-state index contributed by atoms with van der Waals surface area (Å²) in [5.74, 6) is 1.42. The Balaban J connectivity index is 1.79. The zero-order valence-corrected chi connectivity index (χ0v) is 17.6. The minimum atomic E-state index is -3.96. The van der Waals surface area contributed by atoms with Gasteiger partial charge in [0.25, 0.3) is 15.9 Å². The minimum Gasteiger partial charge on any atom is -0.497 e. The van der Waals surface area contributed by atoms with E-state index in [1.54, 1.807) is 13.0 Å². The number of rotatable bonds is 6. The zero-order chi connectivity index (χ0) is 20.6. The number of ether oxygens (including phenoxy) is 3. The molecular formula is C18H19N3O6S2. The van der Waals surface area contributed by atoms with E-state index in [-0.39, 0.29) is 16.5 Å². The smallest absolute Gasteiger partial charge is 0.266 e. The average Bonchev–Trinajstić information content (AvgIpc) is 3.29. The maximum Gasteiger partial charge on any atom is 0.266 e. The Morgan fingerprint density at radius 1 is 1.24 bits per heavy atom. The van der Waals surface area contributed by atoms with Crippen molar-refractivity contribution < 1.29 is 27.2 Å². The molecule has 2 aromatic heterocycles. The van der Waals surface area contributed by atoms with E-state index in [0.717, 1.165) is 10.4 Å². The molecule has 0 spiro atoms. The summed E-state index contributed by atoms with van der Waals surface area (Å²) in [7, 11) is -1.05. The fraction of sp³-hybridized carbons (Fsp3) is 0.333. The van der Waals surface area contributed by atoms with Crippen molar-refractivity contribution in [2.75, 3.05) is 25.5 Å². The first-order valence-electron chi connectivity index (χ1n) is 8.70. The third kappa shape index (κ3) is 3.68. The van der Waals surface area contributed by atoms with Gasteiger partial charge in [0, 0.05) is 10.9 Å². The third-order valence-electron chi connectivity index (χ3n) is 4.45. The first kappa shape index (κ1) is 19.7. The van der Waals surface area contributed by atoms with E-state index >= 15 is 0 Å². The van der Waals surface area contributed by atoms with Crippen molar-refractivity contribution in [3.05, 3.63) is 34.5 Å². The van der Waals surface area contributed by atoms with E-state index in [1.807, 2.05) is 0 Å². The van der Waals surface area contributed by atoms with Crippen LogP contribution >= 0.6 is 11.3 Å². The number of nitrogens with one attached hydrogen (secondary N) is 1. The first-order valence-corrected chi connectivity index (χ1v) is 11.0. The van der Waals surface area contributed by atoms with Crippen LogP contribution in [0.4, 0.5) is 5.00 Å². The number of nitrogens with zero attached hydrogens (tertiary/aromatic N) is 2. The lowest BCUT2D eigenvalue weighted by molar-refractivity contribution is 0.113. The number of benzene rings is 1. The Kier molecular flexibility index (Phi) is 5.19. The standard InChI is InChI=1S/C18H19N3O6S2/c1-10-19-17(27-20-10)16-12-6-7-26-9-14(12)28-18(16)21-29(22,23)15-5-4-11(24-2)8-13(15)25-3/h4-5,8,21H,6-7,9H2,1-3H3. The van der Waals surface area contributed by atoms with E-state index in [2.05, 4.69) is 14.9 Å². The van der Waals surface area contributed by atoms with E-state index in [4.69, 9.17) is 18.7 Å². The molecule has 1 aliphatic rings. The summed E-state index contributed by atoms with van der Waals surface area (Å²) < 4.78 is 50.2. The molecule has 1 N–H and O–H groups in total. The van der Waals surface area contributed by atoms with Crippen LogP contribution in [0.5, 0.6) is 11.5 Å². The van der Waals surface area contributed by atoms with Gasteiger partial charge in [0.2, 0.25) is 0 Å². The third-order valence-corrected chi connectivity index (χ3v) is 7.09. The monoisotopic (exact) mass is 437 g/mol. The van der Waals surface area contributed by atoms with Gasteiger partial charge < -0.3 is 18.7 Å². The Morgan fingerprint density at radius 3 is 2.76 bits per heavy atom. The second-order valence-electron chi connectivity index (χ2n) is 6.28. The highest BCUT2D eigenvalue weighted by Crippen LogP contribution is 2.43. The van der Waals surface area contributed by atoms with Crippen LogP contribution in [-0.2, 0) is 27.8 Å². The molecular weight excluding hydrogens is 418 g/mol. The molecule has 0 atom stereocenters. The Hall–Kier alpha value is -2.63. The highest BCUT2D eigenvalue weighted by atomic mass is 32.2. The molecule has 0 unspecified atom stereocenters. The van der Waals surface area contributed by atoms with E-state index in [0.29, 0.717) is 41.8 Å². The summed E-state index contributed by atoms with van der Waals surface area (Å²) in [5.41, 5.74) is 1.56. The molecule has 4 rings (SSSR count). The van der Waals surface area contributed by atoms with Crippen molar-refractivity contribution in [1.82, 2.24) is 10.1 Å². The molecule has 0 saturated carbocycles. The number of hydrogen-bond acceptors (Lipinski definition) is 9. The summed E-state index contributed by atoms with van der Waals surface area (Å²) >= 11 is 1.30. The van der Waals surface area contributed by atoms with Gasteiger partial charge in [-0.1, -0.05) is 5.16 Å². The van der Waals surface area contributed by atoms with Gasteiger partial charge >= 0.3 is 0 Å². The fourth-order valence-corrected chi connectivity index (χ4v) is 5.74. The first-order chi connectivity index (χ1) is 13.9. The molecule has 0 fully saturated rings. The van der Waals surface area contributed by atoms with Gasteiger partial charge in [-0.3, -0.25) is 4.72 Å². The number of sulfonamides is 1. The second kappa shape index (κ2) is 7.65. The van der Waals surface area contributed by atoms with Crippen LogP contribution < -0.4 is 14.2 Å². The number of fused-ring (bicyclic) bond motifs is 1. The predicted octanol–water partition coefficient (Wildman–Crippen LogP) is 3.00. The SMILES string of the molecule is COc1ccc(S(=O)(=O)Nc2sc3c(c2-c2nc(C)no2)CCOC3)c(OC)c1. The van der Waals surface area contributed by atoms with Crippen LogP contribution in [0.25, 0.3) is 11.5 Å². The minimum absolute atomic E-state index is 0.00363. The summed E-state index contributed by atoms with van der Waals surface area (Å²) in [6.45, 7) is 2.66. The van der Waals surface area contributed by atoms with Crippen molar-refractivity contribution in [3.63, 3.8) is 0 Å². The summed E-state index contributed by atoms with van der Waals surface area (Å²) in [5, 5.41) is 4.24. The largest absolute Gasteiger partial charge is 0.497 e. The maximum atomic E-state index is 13.2. The molecule has 3 aromatic rings. The van der Waals surface area contributed by atoms with Gasteiger partial charge in [-0.2, -0.15) is 4.98 Å². The van der Waals surface area contributed by atoms with Crippen molar-refractivity contribution in [3.8, 4) is 23.0 Å². The molecule has 11 heteroatoms. The molecule has 9 nitrogen and oxygen atoms in total. The van der Waals surface area contributed by atoms with Crippen LogP contribution in [0.1, 0.15) is 16.3 Å². The Bertz CT molecular complexity index is 1150. The highest BCUT2D eigenvalue weighted by Gasteiger charge is 2.29.